The van der Waals surface area contributed by atoms with Gasteiger partial charge in [0.05, 0.1) is 0 Å². The summed E-state index contributed by atoms with van der Waals surface area (Å²) in [6, 6.07) is 0. The third-order valence-electron chi connectivity index (χ3n) is 0. The summed E-state index contributed by atoms with van der Waals surface area (Å²) >= 11 is 0. The first-order valence-corrected chi connectivity index (χ1v) is 2.83. The third kappa shape index (κ3) is 1620. The summed E-state index contributed by atoms with van der Waals surface area (Å²) in [5.41, 5.74) is 0. The van der Waals surface area contributed by atoms with Gasteiger partial charge in [-0.2, -0.15) is 0 Å². The molecule has 0 aromatic heterocycles. The van der Waals surface area contributed by atoms with Crippen LogP contribution in [0.4, 0.5) is 0 Å². The van der Waals surface area contributed by atoms with E-state index in [2.05, 4.69) is 0 Å². The Morgan fingerprint density at radius 2 is 0.263 bits per heavy atom. The van der Waals surface area contributed by atoms with Crippen molar-refractivity contribution in [1.29, 1.82) is 0 Å². The molecule has 0 N–H and O–H groups in total. The maximum absolute atomic E-state index is 8.42. The molecular formula is B4Nb3O12. The Bertz CT molecular complexity index is 68.0. The van der Waals surface area contributed by atoms with Gasteiger partial charge in [0.2, 0.25) is 0 Å². The molecule has 0 fully saturated rings. The van der Waals surface area contributed by atoms with E-state index in [-0.39, 0.29) is 67.1 Å². The van der Waals surface area contributed by atoms with Gasteiger partial charge in [-0.15, -0.1) is 0 Å². The summed E-state index contributed by atoms with van der Waals surface area (Å²) in [5, 5.41) is 101. The van der Waals surface area contributed by atoms with E-state index in [1.165, 1.54) is 0 Å². The van der Waals surface area contributed by atoms with Crippen LogP contribution in [-0.4, -0.2) is 29.3 Å². The molecule has 0 spiro atoms. The average Bonchev–Trinajstić information content (AvgIpc) is 1.76. The fourth-order valence-electron chi connectivity index (χ4n) is 0. The van der Waals surface area contributed by atoms with E-state index in [0.717, 1.165) is 0 Å². The zero-order valence-electron chi connectivity index (χ0n) is 8.55. The normalized spacial score (nSPS) is 5.68. The molecule has 0 heterocycles. The second kappa shape index (κ2) is 36.8. The Balaban J connectivity index is -0.0000000192. The summed E-state index contributed by atoms with van der Waals surface area (Å²) in [7, 11) is -11.7. The summed E-state index contributed by atoms with van der Waals surface area (Å²) in [6.07, 6.45) is 0. The number of rotatable bonds is 0. The van der Waals surface area contributed by atoms with Crippen LogP contribution < -0.4 is 60.3 Å². The molecule has 99 valence electrons. The molecule has 0 unspecified atom stereocenters. The van der Waals surface area contributed by atoms with Gasteiger partial charge in [-0.25, -0.2) is 0 Å². The molecular weight excluding hydrogens is 514 g/mol. The van der Waals surface area contributed by atoms with Crippen LogP contribution in [0.3, 0.4) is 0 Å². The van der Waals surface area contributed by atoms with Crippen molar-refractivity contribution in [2.24, 2.45) is 0 Å². The van der Waals surface area contributed by atoms with Gasteiger partial charge in [-0.1, -0.05) is 0 Å². The monoisotopic (exact) mass is 515 g/mol. The van der Waals surface area contributed by atoms with Gasteiger partial charge in [0.1, 0.15) is 0 Å². The van der Waals surface area contributed by atoms with Crippen LogP contribution in [0.25, 0.3) is 0 Å². The summed E-state index contributed by atoms with van der Waals surface area (Å²) < 4.78 is 0. The molecule has 0 aromatic rings. The zero-order valence-corrected chi connectivity index (χ0v) is 15.1. The van der Waals surface area contributed by atoms with Gasteiger partial charge in [0.25, 0.3) is 0 Å². The summed E-state index contributed by atoms with van der Waals surface area (Å²) in [6.45, 7) is 0. The van der Waals surface area contributed by atoms with E-state index < -0.39 is 29.3 Å². The molecule has 0 aliphatic heterocycles. The van der Waals surface area contributed by atoms with Crippen molar-refractivity contribution in [3.63, 3.8) is 0 Å². The van der Waals surface area contributed by atoms with E-state index in [0.29, 0.717) is 0 Å². The van der Waals surface area contributed by atoms with E-state index in [4.69, 9.17) is 60.3 Å². The number of hydrogen-bond donors (Lipinski definition) is 0. The summed E-state index contributed by atoms with van der Waals surface area (Å²) in [5.74, 6) is 0. The van der Waals surface area contributed by atoms with Crippen molar-refractivity contribution in [3.8, 4) is 0 Å². The quantitative estimate of drug-likeness (QED) is 0.273. The molecule has 0 saturated carbocycles. The Morgan fingerprint density at radius 3 is 0.263 bits per heavy atom. The SMILES string of the molecule is [Nb+4].[Nb+4].[Nb+4].[O-]B([O-])[O-].[O-]B([O-])[O-].[O-]B([O-])[O-].[O-]B([O-])[O-]. The van der Waals surface area contributed by atoms with Crippen LogP contribution in [0.15, 0.2) is 0 Å². The van der Waals surface area contributed by atoms with Crippen molar-refractivity contribution in [2.75, 3.05) is 0 Å². The zero-order chi connectivity index (χ0) is 14.3. The molecule has 3 radical (unpaired) electrons. The Labute approximate surface area is 156 Å². The maximum Gasteiger partial charge on any atom is 4.00 e. The summed E-state index contributed by atoms with van der Waals surface area (Å²) in [4.78, 5) is 0. The van der Waals surface area contributed by atoms with Crippen LogP contribution in [0, 0.1) is 0 Å². The molecule has 0 saturated heterocycles. The van der Waals surface area contributed by atoms with Gasteiger partial charge in [-0.3, -0.25) is 29.3 Å². The van der Waals surface area contributed by atoms with Crippen molar-refractivity contribution < 1.29 is 127 Å². The molecule has 0 amide bonds. The predicted octanol–water partition coefficient (Wildman–Crippen LogP) is -15.8. The van der Waals surface area contributed by atoms with Crippen molar-refractivity contribution in [3.05, 3.63) is 0 Å². The standard InChI is InChI=1S/4BO3.3Nb/c4*2-1(3)4;;;/q4*-3;3*+4. The minimum Gasteiger partial charge on any atom is -0.907 e. The van der Waals surface area contributed by atoms with E-state index in [1.807, 2.05) is 0 Å². The molecule has 19 heavy (non-hydrogen) atoms. The first-order valence-electron chi connectivity index (χ1n) is 2.83. The van der Waals surface area contributed by atoms with Gasteiger partial charge < -0.3 is 60.3 Å². The molecule has 19 heteroatoms. The molecule has 0 bridgehead atoms. The number of hydrogen-bond acceptors (Lipinski definition) is 12. The van der Waals surface area contributed by atoms with Crippen LogP contribution in [-0.2, 0) is 67.1 Å². The first-order chi connectivity index (χ1) is 6.93. The third-order valence-corrected chi connectivity index (χ3v) is 0. The van der Waals surface area contributed by atoms with E-state index in [1.54, 1.807) is 0 Å². The van der Waals surface area contributed by atoms with Gasteiger partial charge in [0.15, 0.2) is 0 Å². The predicted molar refractivity (Wildman–Crippen MR) is 23.0 cm³/mol. The van der Waals surface area contributed by atoms with Crippen molar-refractivity contribution in [2.45, 2.75) is 0 Å². The van der Waals surface area contributed by atoms with Gasteiger partial charge >= 0.3 is 67.1 Å². The maximum atomic E-state index is 8.42. The Hall–Kier alpha value is 2.00. The Kier molecular flexibility index (Phi) is 83.1. The molecule has 0 atom stereocenters. The second-order valence-electron chi connectivity index (χ2n) is 1.15. The molecule has 0 rings (SSSR count). The molecule has 12 nitrogen and oxygen atoms in total. The molecule has 0 aliphatic rings. The Morgan fingerprint density at radius 1 is 0.263 bits per heavy atom. The van der Waals surface area contributed by atoms with Crippen molar-refractivity contribution >= 4 is 29.3 Å². The average molecular weight is 514 g/mol. The first kappa shape index (κ1) is 42.9. The van der Waals surface area contributed by atoms with Crippen molar-refractivity contribution in [1.82, 2.24) is 0 Å². The van der Waals surface area contributed by atoms with Crippen LogP contribution >= 0.6 is 0 Å². The fourth-order valence-corrected chi connectivity index (χ4v) is 0. The minimum atomic E-state index is -2.92. The molecule has 0 aromatic carbocycles. The van der Waals surface area contributed by atoms with E-state index in [9.17, 15) is 0 Å². The van der Waals surface area contributed by atoms with Crippen LogP contribution in [0.2, 0.25) is 0 Å². The van der Waals surface area contributed by atoms with Crippen LogP contribution in [0.1, 0.15) is 0 Å². The smallest absolute Gasteiger partial charge is 0.907 e. The van der Waals surface area contributed by atoms with E-state index >= 15 is 0 Å². The van der Waals surface area contributed by atoms with Gasteiger partial charge in [0, 0.05) is 0 Å². The molecule has 0 aliphatic carbocycles. The largest absolute Gasteiger partial charge is 4.00 e. The minimum absolute atomic E-state index is 0. The van der Waals surface area contributed by atoms with Gasteiger partial charge in [-0.05, 0) is 0 Å². The fraction of sp³-hybridized carbons (Fsp3) is 0. The topological polar surface area (TPSA) is 277 Å². The second-order valence-corrected chi connectivity index (χ2v) is 1.15. The van der Waals surface area contributed by atoms with Crippen LogP contribution in [0.5, 0.6) is 0 Å².